The molecule has 0 spiro atoms. The molecule has 2 N–H and O–H groups in total. The Kier molecular flexibility index (Phi) is 7.69. The fraction of sp³-hybridized carbons (Fsp3) is 0.148. The standard InChI is InChI=1S/C27H23F2N3O4/c1-2-3-11-35-21-8-7-18(30-16-21)14-25-27(34)31-24(26(33)32-25)13-17-5-4-6-19(12-17)36-20-9-10-22(28)23(29)15-20/h4-10,12-16H,2-3,11H2,1H3,(H,31,34)(H,32,33)/b24-13-,25-14-. The van der Waals surface area contributed by atoms with Crippen LogP contribution in [0.2, 0.25) is 0 Å². The lowest BCUT2D eigenvalue weighted by atomic mass is 10.2. The van der Waals surface area contributed by atoms with Gasteiger partial charge in [-0.15, -0.1) is 0 Å². The van der Waals surface area contributed by atoms with E-state index in [1.165, 1.54) is 18.2 Å². The van der Waals surface area contributed by atoms with Gasteiger partial charge in [-0.05, 0) is 60.5 Å². The molecule has 4 aromatic rings. The summed E-state index contributed by atoms with van der Waals surface area (Å²) >= 11 is 0. The second-order valence-electron chi connectivity index (χ2n) is 7.90. The lowest BCUT2D eigenvalue weighted by molar-refractivity contribution is 0.308. The van der Waals surface area contributed by atoms with E-state index in [0.29, 0.717) is 29.4 Å². The van der Waals surface area contributed by atoms with Crippen molar-refractivity contribution in [2.24, 2.45) is 0 Å². The largest absolute Gasteiger partial charge is 0.492 e. The molecule has 2 aromatic heterocycles. The normalized spacial score (nSPS) is 12.1. The Hall–Kier alpha value is -4.53. The van der Waals surface area contributed by atoms with E-state index in [9.17, 15) is 18.4 Å². The summed E-state index contributed by atoms with van der Waals surface area (Å²) in [6, 6.07) is 13.2. The zero-order valence-corrected chi connectivity index (χ0v) is 19.4. The molecule has 2 aromatic carbocycles. The number of nitrogens with zero attached hydrogens (tertiary/aromatic N) is 1. The average Bonchev–Trinajstić information content (AvgIpc) is 2.86. The van der Waals surface area contributed by atoms with E-state index in [1.54, 1.807) is 42.6 Å². The molecule has 2 heterocycles. The molecule has 0 radical (unpaired) electrons. The van der Waals surface area contributed by atoms with Crippen LogP contribution in [0.1, 0.15) is 31.0 Å². The van der Waals surface area contributed by atoms with Crippen LogP contribution in [0.5, 0.6) is 17.2 Å². The minimum atomic E-state index is -1.03. The van der Waals surface area contributed by atoms with Crippen LogP contribution in [0.4, 0.5) is 8.78 Å². The number of nitrogens with one attached hydrogen (secondary N) is 2. The number of ether oxygens (including phenoxy) is 2. The molecule has 0 saturated heterocycles. The fourth-order valence-corrected chi connectivity index (χ4v) is 3.25. The van der Waals surface area contributed by atoms with Gasteiger partial charge in [0, 0.05) is 6.07 Å². The lowest BCUT2D eigenvalue weighted by Gasteiger charge is -2.06. The average molecular weight is 491 g/mol. The van der Waals surface area contributed by atoms with Crippen molar-refractivity contribution < 1.29 is 18.3 Å². The first-order valence-electron chi connectivity index (χ1n) is 11.3. The maximum Gasteiger partial charge on any atom is 0.272 e. The molecule has 0 bridgehead atoms. The molecular formula is C27H23F2N3O4. The number of aromatic nitrogens is 3. The lowest BCUT2D eigenvalue weighted by Crippen LogP contribution is -2.46. The molecule has 184 valence electrons. The summed E-state index contributed by atoms with van der Waals surface area (Å²) in [5.41, 5.74) is 0.0264. The van der Waals surface area contributed by atoms with Crippen LogP contribution in [-0.2, 0) is 0 Å². The summed E-state index contributed by atoms with van der Waals surface area (Å²) in [5.74, 6) is -0.915. The number of halogens is 2. The van der Waals surface area contributed by atoms with Crippen molar-refractivity contribution in [1.29, 1.82) is 0 Å². The molecule has 4 rings (SSSR count). The predicted molar refractivity (Wildman–Crippen MR) is 132 cm³/mol. The first-order chi connectivity index (χ1) is 17.4. The summed E-state index contributed by atoms with van der Waals surface area (Å²) in [6.45, 7) is 2.68. The maximum atomic E-state index is 13.4. The molecule has 0 unspecified atom stereocenters. The fourth-order valence-electron chi connectivity index (χ4n) is 3.25. The summed E-state index contributed by atoms with van der Waals surface area (Å²) in [7, 11) is 0. The minimum Gasteiger partial charge on any atom is -0.492 e. The Morgan fingerprint density at radius 1 is 0.861 bits per heavy atom. The van der Waals surface area contributed by atoms with E-state index in [0.717, 1.165) is 25.0 Å². The third kappa shape index (κ3) is 6.32. The molecule has 0 amide bonds. The van der Waals surface area contributed by atoms with E-state index < -0.39 is 22.8 Å². The number of pyridine rings is 1. The summed E-state index contributed by atoms with van der Waals surface area (Å²) in [6.07, 6.45) is 6.48. The van der Waals surface area contributed by atoms with Gasteiger partial charge in [0.05, 0.1) is 18.5 Å². The van der Waals surface area contributed by atoms with Gasteiger partial charge in [0.25, 0.3) is 11.1 Å². The van der Waals surface area contributed by atoms with Gasteiger partial charge in [-0.3, -0.25) is 14.6 Å². The van der Waals surface area contributed by atoms with Crippen molar-refractivity contribution in [3.8, 4) is 17.2 Å². The van der Waals surface area contributed by atoms with Crippen LogP contribution in [0.25, 0.3) is 12.2 Å². The summed E-state index contributed by atoms with van der Waals surface area (Å²) < 4.78 is 37.7. The van der Waals surface area contributed by atoms with Gasteiger partial charge in [0.15, 0.2) is 11.6 Å². The van der Waals surface area contributed by atoms with Crippen LogP contribution in [-0.4, -0.2) is 21.6 Å². The number of benzene rings is 2. The zero-order chi connectivity index (χ0) is 25.5. The predicted octanol–water partition coefficient (Wildman–Crippen LogP) is 3.37. The molecule has 9 heteroatoms. The van der Waals surface area contributed by atoms with Crippen molar-refractivity contribution >= 4 is 12.2 Å². The van der Waals surface area contributed by atoms with Crippen molar-refractivity contribution in [3.05, 3.63) is 115 Å². The SMILES string of the molecule is CCCCOc1ccc(/C=c2\[nH]c(=O)/c(=C/c3cccc(Oc4ccc(F)c(F)c4)c3)[nH]c2=O)nc1. The monoisotopic (exact) mass is 491 g/mol. The molecule has 7 nitrogen and oxygen atoms in total. The van der Waals surface area contributed by atoms with Gasteiger partial charge in [0.1, 0.15) is 27.9 Å². The second kappa shape index (κ2) is 11.3. The van der Waals surface area contributed by atoms with E-state index >= 15 is 0 Å². The number of hydrogen-bond acceptors (Lipinski definition) is 5. The molecule has 0 saturated carbocycles. The molecule has 0 fully saturated rings. The summed E-state index contributed by atoms with van der Waals surface area (Å²) in [5, 5.41) is 0.0921. The minimum absolute atomic E-state index is 0.0368. The number of hydrogen-bond donors (Lipinski definition) is 2. The van der Waals surface area contributed by atoms with Gasteiger partial charge < -0.3 is 19.4 Å². The second-order valence-corrected chi connectivity index (χ2v) is 7.90. The van der Waals surface area contributed by atoms with Gasteiger partial charge in [-0.1, -0.05) is 25.5 Å². The maximum absolute atomic E-state index is 13.4. The topological polar surface area (TPSA) is 97.1 Å². The van der Waals surface area contributed by atoms with Crippen molar-refractivity contribution in [1.82, 2.24) is 15.0 Å². The Labute approximate surface area is 204 Å². The van der Waals surface area contributed by atoms with Crippen molar-refractivity contribution in [2.45, 2.75) is 19.8 Å². The number of H-pyrrole nitrogens is 2. The molecular weight excluding hydrogens is 468 g/mol. The van der Waals surface area contributed by atoms with Crippen LogP contribution in [0, 0.1) is 11.6 Å². The van der Waals surface area contributed by atoms with Gasteiger partial charge in [-0.2, -0.15) is 0 Å². The number of aromatic amines is 2. The van der Waals surface area contributed by atoms with Crippen molar-refractivity contribution in [3.63, 3.8) is 0 Å². The van der Waals surface area contributed by atoms with Crippen LogP contribution >= 0.6 is 0 Å². The molecule has 36 heavy (non-hydrogen) atoms. The summed E-state index contributed by atoms with van der Waals surface area (Å²) in [4.78, 5) is 34.6. The molecule has 0 atom stereocenters. The molecule has 0 aliphatic carbocycles. The Morgan fingerprint density at radius 3 is 2.28 bits per heavy atom. The highest BCUT2D eigenvalue weighted by Crippen LogP contribution is 2.24. The van der Waals surface area contributed by atoms with Crippen LogP contribution < -0.4 is 31.3 Å². The van der Waals surface area contributed by atoms with Gasteiger partial charge >= 0.3 is 0 Å². The highest BCUT2D eigenvalue weighted by molar-refractivity contribution is 5.51. The van der Waals surface area contributed by atoms with Crippen LogP contribution in [0.15, 0.2) is 70.4 Å². The van der Waals surface area contributed by atoms with E-state index in [-0.39, 0.29) is 16.4 Å². The highest BCUT2D eigenvalue weighted by Gasteiger charge is 2.05. The first kappa shape index (κ1) is 24.6. The Morgan fingerprint density at radius 2 is 1.58 bits per heavy atom. The third-order valence-electron chi connectivity index (χ3n) is 5.10. The molecule has 0 aliphatic rings. The van der Waals surface area contributed by atoms with Gasteiger partial charge in [-0.25, -0.2) is 8.78 Å². The third-order valence-corrected chi connectivity index (χ3v) is 5.10. The van der Waals surface area contributed by atoms with E-state index in [1.807, 2.05) is 0 Å². The number of unbranched alkanes of at least 4 members (excludes halogenated alkanes) is 1. The molecule has 0 aliphatic heterocycles. The van der Waals surface area contributed by atoms with Crippen LogP contribution in [0.3, 0.4) is 0 Å². The van der Waals surface area contributed by atoms with E-state index in [2.05, 4.69) is 21.9 Å². The smallest absolute Gasteiger partial charge is 0.272 e. The highest BCUT2D eigenvalue weighted by atomic mass is 19.2. The first-order valence-corrected chi connectivity index (χ1v) is 11.3. The van der Waals surface area contributed by atoms with Crippen molar-refractivity contribution in [2.75, 3.05) is 6.61 Å². The van der Waals surface area contributed by atoms with E-state index in [4.69, 9.17) is 9.47 Å². The quantitative estimate of drug-likeness (QED) is 0.369. The Bertz CT molecular complexity index is 1600. The Balaban J connectivity index is 1.57. The number of rotatable bonds is 8. The zero-order valence-electron chi connectivity index (χ0n) is 19.4. The van der Waals surface area contributed by atoms with Gasteiger partial charge in [0.2, 0.25) is 0 Å².